The topological polar surface area (TPSA) is 71.5 Å². The van der Waals surface area contributed by atoms with Gasteiger partial charge >= 0.3 is 6.18 Å². The fourth-order valence-electron chi connectivity index (χ4n) is 1.79. The lowest BCUT2D eigenvalue weighted by Gasteiger charge is -2.13. The molecule has 4 nitrogen and oxygen atoms in total. The first kappa shape index (κ1) is 14.8. The minimum atomic E-state index is -4.71. The summed E-state index contributed by atoms with van der Waals surface area (Å²) in [6.07, 6.45) is -3.50. The number of hydrogen-bond donors (Lipinski definition) is 2. The predicted molar refractivity (Wildman–Crippen MR) is 67.1 cm³/mol. The van der Waals surface area contributed by atoms with Crippen LogP contribution in [0, 0.1) is 5.82 Å². The van der Waals surface area contributed by atoms with Crippen molar-refractivity contribution in [2.45, 2.75) is 6.18 Å². The van der Waals surface area contributed by atoms with Crippen LogP contribution < -0.4 is 5.73 Å². The highest BCUT2D eigenvalue weighted by molar-refractivity contribution is 5.96. The molecule has 0 aliphatic heterocycles. The molecule has 0 saturated carbocycles. The van der Waals surface area contributed by atoms with Crippen molar-refractivity contribution in [1.82, 2.24) is 4.98 Å². The molecule has 2 aromatic rings. The Labute approximate surface area is 116 Å². The molecule has 0 unspecified atom stereocenters. The Bertz CT molecular complexity index is 698. The van der Waals surface area contributed by atoms with Crippen LogP contribution in [0.5, 0.6) is 0 Å². The fourth-order valence-corrected chi connectivity index (χ4v) is 1.79. The third-order valence-electron chi connectivity index (χ3n) is 2.73. The molecule has 1 aromatic carbocycles. The van der Waals surface area contributed by atoms with Gasteiger partial charge in [0.2, 0.25) is 0 Å². The van der Waals surface area contributed by atoms with E-state index < -0.39 is 17.6 Å². The molecule has 1 aromatic heterocycles. The molecule has 21 heavy (non-hydrogen) atoms. The molecule has 0 saturated heterocycles. The summed E-state index contributed by atoms with van der Waals surface area (Å²) in [5, 5.41) is 11.3. The number of hydrogen-bond acceptors (Lipinski definition) is 3. The van der Waals surface area contributed by atoms with Crippen molar-refractivity contribution in [3.05, 3.63) is 53.6 Å². The van der Waals surface area contributed by atoms with E-state index in [4.69, 9.17) is 10.9 Å². The number of nitrogens with two attached hydrogens (primary N) is 1. The molecule has 0 atom stereocenters. The summed E-state index contributed by atoms with van der Waals surface area (Å²) >= 11 is 0. The van der Waals surface area contributed by atoms with Crippen molar-refractivity contribution in [2.24, 2.45) is 10.9 Å². The summed E-state index contributed by atoms with van der Waals surface area (Å²) in [7, 11) is 0. The third-order valence-corrected chi connectivity index (χ3v) is 2.73. The number of oxime groups is 1. The predicted octanol–water partition coefficient (Wildman–Crippen LogP) is 3.00. The van der Waals surface area contributed by atoms with Gasteiger partial charge in [-0.3, -0.25) is 4.98 Å². The van der Waals surface area contributed by atoms with Crippen LogP contribution in [-0.2, 0) is 6.18 Å². The van der Waals surface area contributed by atoms with Gasteiger partial charge in [0.1, 0.15) is 11.5 Å². The zero-order chi connectivity index (χ0) is 15.6. The summed E-state index contributed by atoms with van der Waals surface area (Å²) in [5.74, 6) is -1.33. The summed E-state index contributed by atoms with van der Waals surface area (Å²) in [4.78, 5) is 3.77. The molecule has 3 N–H and O–H groups in total. The summed E-state index contributed by atoms with van der Waals surface area (Å²) < 4.78 is 52.0. The highest BCUT2D eigenvalue weighted by Gasteiger charge is 2.34. The smallest absolute Gasteiger partial charge is 0.409 e. The van der Waals surface area contributed by atoms with Gasteiger partial charge < -0.3 is 10.9 Å². The van der Waals surface area contributed by atoms with Crippen LogP contribution in [0.15, 0.2) is 41.7 Å². The van der Waals surface area contributed by atoms with Gasteiger partial charge in [0.05, 0.1) is 5.56 Å². The van der Waals surface area contributed by atoms with Gasteiger partial charge in [0.15, 0.2) is 5.84 Å². The van der Waals surface area contributed by atoms with E-state index in [1.165, 1.54) is 18.3 Å². The lowest BCUT2D eigenvalue weighted by Crippen LogP contribution is -2.15. The molecule has 110 valence electrons. The summed E-state index contributed by atoms with van der Waals surface area (Å²) in [6.45, 7) is 0. The van der Waals surface area contributed by atoms with E-state index in [2.05, 4.69) is 10.1 Å². The lowest BCUT2D eigenvalue weighted by atomic mass is 9.99. The van der Waals surface area contributed by atoms with E-state index >= 15 is 0 Å². The minimum Gasteiger partial charge on any atom is -0.409 e. The standard InChI is InChI=1S/C13H9F4N3O/c14-8-1-2-9(10(6-8)13(15,16)17)7-3-4-19-11(5-7)12(18)20-21/h1-6,21H,(H2,18,20). The molecule has 0 radical (unpaired) electrons. The molecular weight excluding hydrogens is 290 g/mol. The molecule has 0 aliphatic rings. The van der Waals surface area contributed by atoms with Crippen molar-refractivity contribution in [3.63, 3.8) is 0 Å². The third kappa shape index (κ3) is 3.10. The van der Waals surface area contributed by atoms with Gasteiger partial charge in [-0.15, -0.1) is 0 Å². The number of alkyl halides is 3. The van der Waals surface area contributed by atoms with Gasteiger partial charge in [0, 0.05) is 6.20 Å². The van der Waals surface area contributed by atoms with Crippen LogP contribution in [0.1, 0.15) is 11.3 Å². The first-order valence-corrected chi connectivity index (χ1v) is 5.64. The highest BCUT2D eigenvalue weighted by atomic mass is 19.4. The lowest BCUT2D eigenvalue weighted by molar-refractivity contribution is -0.137. The van der Waals surface area contributed by atoms with Crippen LogP contribution in [0.2, 0.25) is 0 Å². The van der Waals surface area contributed by atoms with Crippen molar-refractivity contribution in [3.8, 4) is 11.1 Å². The zero-order valence-corrected chi connectivity index (χ0v) is 10.4. The Morgan fingerprint density at radius 3 is 2.52 bits per heavy atom. The van der Waals surface area contributed by atoms with E-state index in [-0.39, 0.29) is 22.7 Å². The van der Waals surface area contributed by atoms with Crippen LogP contribution in [0.25, 0.3) is 11.1 Å². The van der Waals surface area contributed by atoms with Crippen LogP contribution in [-0.4, -0.2) is 16.0 Å². The van der Waals surface area contributed by atoms with Gasteiger partial charge in [-0.25, -0.2) is 4.39 Å². The van der Waals surface area contributed by atoms with Crippen molar-refractivity contribution < 1.29 is 22.8 Å². The van der Waals surface area contributed by atoms with E-state index in [0.29, 0.717) is 6.07 Å². The maximum atomic E-state index is 13.1. The maximum Gasteiger partial charge on any atom is 0.417 e. The van der Waals surface area contributed by atoms with Gasteiger partial charge in [-0.1, -0.05) is 11.2 Å². The second kappa shape index (κ2) is 5.39. The molecule has 8 heteroatoms. The SMILES string of the molecule is NC(=NO)c1cc(-c2ccc(F)cc2C(F)(F)F)ccn1. The first-order valence-electron chi connectivity index (χ1n) is 5.64. The highest BCUT2D eigenvalue weighted by Crippen LogP contribution is 2.37. The van der Waals surface area contributed by atoms with Crippen LogP contribution in [0.3, 0.4) is 0 Å². The zero-order valence-electron chi connectivity index (χ0n) is 10.4. The van der Waals surface area contributed by atoms with E-state index in [1.54, 1.807) is 0 Å². The fraction of sp³-hybridized carbons (Fsp3) is 0.0769. The molecule has 0 bridgehead atoms. The Balaban J connectivity index is 2.62. The average Bonchev–Trinajstić information content (AvgIpc) is 2.45. The first-order chi connectivity index (χ1) is 9.82. The number of nitrogens with zero attached hydrogens (tertiary/aromatic N) is 2. The molecular formula is C13H9F4N3O. The summed E-state index contributed by atoms with van der Waals surface area (Å²) in [5.41, 5.74) is 4.14. The van der Waals surface area contributed by atoms with Gasteiger partial charge in [-0.2, -0.15) is 13.2 Å². The number of amidine groups is 1. The van der Waals surface area contributed by atoms with Gasteiger partial charge in [-0.05, 0) is 35.4 Å². The second-order valence-electron chi connectivity index (χ2n) is 4.10. The number of benzene rings is 1. The van der Waals surface area contributed by atoms with Crippen LogP contribution in [0.4, 0.5) is 17.6 Å². The molecule has 1 heterocycles. The van der Waals surface area contributed by atoms with Crippen molar-refractivity contribution >= 4 is 5.84 Å². The Morgan fingerprint density at radius 1 is 1.19 bits per heavy atom. The monoisotopic (exact) mass is 299 g/mol. The average molecular weight is 299 g/mol. The van der Waals surface area contributed by atoms with E-state index in [0.717, 1.165) is 12.1 Å². The van der Waals surface area contributed by atoms with E-state index in [1.807, 2.05) is 0 Å². The second-order valence-corrected chi connectivity index (χ2v) is 4.10. The van der Waals surface area contributed by atoms with Crippen LogP contribution >= 0.6 is 0 Å². The quantitative estimate of drug-likeness (QED) is 0.294. The van der Waals surface area contributed by atoms with Crippen molar-refractivity contribution in [1.29, 1.82) is 0 Å². The molecule has 0 fully saturated rings. The van der Waals surface area contributed by atoms with Crippen molar-refractivity contribution in [2.75, 3.05) is 0 Å². The number of rotatable bonds is 2. The molecule has 2 rings (SSSR count). The Kier molecular flexibility index (Phi) is 3.79. The minimum absolute atomic E-state index is 0.00690. The summed E-state index contributed by atoms with van der Waals surface area (Å²) in [6, 6.07) is 4.89. The normalized spacial score (nSPS) is 12.5. The van der Waals surface area contributed by atoms with E-state index in [9.17, 15) is 17.6 Å². The molecule has 0 spiro atoms. The number of pyridine rings is 1. The van der Waals surface area contributed by atoms with Gasteiger partial charge in [0.25, 0.3) is 0 Å². The maximum absolute atomic E-state index is 13.1. The number of halogens is 4. The Hall–Kier alpha value is -2.64. The largest absolute Gasteiger partial charge is 0.417 e. The Morgan fingerprint density at radius 2 is 1.90 bits per heavy atom. The number of aromatic nitrogens is 1. The molecule has 0 amide bonds. The molecule has 0 aliphatic carbocycles.